The van der Waals surface area contributed by atoms with E-state index in [0.29, 0.717) is 19.3 Å². The van der Waals surface area contributed by atoms with Gasteiger partial charge in [0.1, 0.15) is 18.8 Å². The number of aliphatic hydroxyl groups is 2. The van der Waals surface area contributed by atoms with Crippen LogP contribution < -0.4 is 0 Å². The summed E-state index contributed by atoms with van der Waals surface area (Å²) in [5.41, 5.74) is 0. The van der Waals surface area contributed by atoms with Crippen molar-refractivity contribution in [1.29, 1.82) is 0 Å². The number of aliphatic carboxylic acids is 1. The Hall–Kier alpha value is -3.84. The van der Waals surface area contributed by atoms with Crippen molar-refractivity contribution in [3.05, 3.63) is 72.9 Å². The zero-order valence-corrected chi connectivity index (χ0v) is 50.1. The molecule has 1 fully saturated rings. The molecule has 1 saturated heterocycles. The first-order chi connectivity index (χ1) is 38.6. The number of ether oxygens (including phenoxy) is 5. The van der Waals surface area contributed by atoms with Gasteiger partial charge < -0.3 is 39.0 Å². The molecule has 454 valence electrons. The monoisotopic (exact) mass is 1110 g/mol. The third-order valence-electron chi connectivity index (χ3n) is 14.2. The summed E-state index contributed by atoms with van der Waals surface area (Å²) >= 11 is 0. The maximum atomic E-state index is 13.2. The first kappa shape index (κ1) is 73.2. The van der Waals surface area contributed by atoms with Gasteiger partial charge in [-0.1, -0.05) is 216 Å². The van der Waals surface area contributed by atoms with Crippen LogP contribution in [0.25, 0.3) is 0 Å². The molecule has 0 radical (unpaired) electrons. The third kappa shape index (κ3) is 44.5. The van der Waals surface area contributed by atoms with E-state index >= 15 is 0 Å². The molecule has 0 aromatic rings. The van der Waals surface area contributed by atoms with Gasteiger partial charge in [0.15, 0.2) is 24.6 Å². The van der Waals surface area contributed by atoms with Gasteiger partial charge in [-0.25, -0.2) is 4.79 Å². The molecule has 0 spiro atoms. The fourth-order valence-corrected chi connectivity index (χ4v) is 9.28. The van der Waals surface area contributed by atoms with E-state index < -0.39 is 67.3 Å². The molecular weight excluding hydrogens is 997 g/mol. The first-order valence-electron chi connectivity index (χ1n) is 31.9. The normalized spacial score (nSPS) is 18.3. The highest BCUT2D eigenvalue weighted by molar-refractivity contribution is 5.74. The Bertz CT molecular complexity index is 1650. The van der Waals surface area contributed by atoms with Gasteiger partial charge in [-0.15, -0.1) is 0 Å². The van der Waals surface area contributed by atoms with Crippen LogP contribution in [-0.4, -0.2) is 89.2 Å². The van der Waals surface area contributed by atoms with E-state index in [4.69, 9.17) is 23.7 Å². The number of carboxylic acid groups (broad SMARTS) is 1. The molecule has 6 unspecified atom stereocenters. The van der Waals surface area contributed by atoms with Crippen molar-refractivity contribution >= 4 is 23.9 Å². The van der Waals surface area contributed by atoms with Gasteiger partial charge in [0.25, 0.3) is 0 Å². The molecule has 6 atom stereocenters. The fourth-order valence-electron chi connectivity index (χ4n) is 9.28. The number of carboxylic acids is 1. The smallest absolute Gasteiger partial charge is 0.335 e. The summed E-state index contributed by atoms with van der Waals surface area (Å²) in [4.78, 5) is 51.3. The van der Waals surface area contributed by atoms with Crippen LogP contribution in [0.15, 0.2) is 72.9 Å². The minimum atomic E-state index is -1.91. The predicted octanol–water partition coefficient (Wildman–Crippen LogP) is 16.9. The number of rotatable bonds is 54. The van der Waals surface area contributed by atoms with Crippen LogP contribution in [0.3, 0.4) is 0 Å². The molecule has 1 rings (SSSR count). The van der Waals surface area contributed by atoms with E-state index in [0.717, 1.165) is 148 Å². The van der Waals surface area contributed by atoms with Crippen LogP contribution in [0.1, 0.15) is 278 Å². The lowest BCUT2D eigenvalue weighted by Crippen LogP contribution is -2.61. The highest BCUT2D eigenvalue weighted by Gasteiger charge is 2.50. The van der Waals surface area contributed by atoms with Gasteiger partial charge >= 0.3 is 23.9 Å². The average molecular weight is 1110 g/mol. The number of hydrogen-bond donors (Lipinski definition) is 3. The molecule has 0 amide bonds. The van der Waals surface area contributed by atoms with E-state index in [1.165, 1.54) is 70.6 Å². The van der Waals surface area contributed by atoms with Crippen molar-refractivity contribution in [2.45, 2.75) is 314 Å². The van der Waals surface area contributed by atoms with Crippen LogP contribution in [0.2, 0.25) is 0 Å². The van der Waals surface area contributed by atoms with Crippen LogP contribution in [0, 0.1) is 0 Å². The number of esters is 3. The molecule has 0 aliphatic carbocycles. The molecule has 3 N–H and O–H groups in total. The van der Waals surface area contributed by atoms with Crippen molar-refractivity contribution < 1.29 is 58.2 Å². The van der Waals surface area contributed by atoms with Crippen LogP contribution in [0.4, 0.5) is 0 Å². The van der Waals surface area contributed by atoms with E-state index in [-0.39, 0.29) is 25.9 Å². The predicted molar refractivity (Wildman–Crippen MR) is 322 cm³/mol. The molecule has 0 aromatic carbocycles. The van der Waals surface area contributed by atoms with Crippen molar-refractivity contribution in [2.75, 3.05) is 13.2 Å². The van der Waals surface area contributed by atoms with Gasteiger partial charge in [0.05, 0.1) is 6.61 Å². The minimum Gasteiger partial charge on any atom is -0.479 e. The molecular formula is C67H114O12. The SMILES string of the molecule is CCCCC/C=C\C/C=C\C/C=C\CCCCCCCCC(=O)OCC(COC1OC(C(=O)O)C(O)C(O)C1OC(=O)CCCCCCCCC/C=C\C/C=C\CCCCC)OC(=O)CCCCCCC/C=C\CCCCCC. The molecule has 12 nitrogen and oxygen atoms in total. The maximum Gasteiger partial charge on any atom is 0.335 e. The second kappa shape index (κ2) is 54.7. The lowest BCUT2D eigenvalue weighted by Gasteiger charge is -2.40. The zero-order chi connectivity index (χ0) is 57.5. The number of hydrogen-bond acceptors (Lipinski definition) is 11. The van der Waals surface area contributed by atoms with Crippen molar-refractivity contribution in [3.8, 4) is 0 Å². The first-order valence-corrected chi connectivity index (χ1v) is 31.9. The Morgan fingerprint density at radius 3 is 1.19 bits per heavy atom. The van der Waals surface area contributed by atoms with E-state index in [2.05, 4.69) is 93.7 Å². The Morgan fingerprint density at radius 2 is 0.759 bits per heavy atom. The van der Waals surface area contributed by atoms with Crippen LogP contribution in [-0.2, 0) is 42.9 Å². The third-order valence-corrected chi connectivity index (χ3v) is 14.2. The molecule has 0 saturated carbocycles. The van der Waals surface area contributed by atoms with Gasteiger partial charge in [0, 0.05) is 19.3 Å². The summed E-state index contributed by atoms with van der Waals surface area (Å²) in [6, 6.07) is 0. The van der Waals surface area contributed by atoms with E-state index in [1.807, 2.05) is 0 Å². The van der Waals surface area contributed by atoms with Crippen molar-refractivity contribution in [3.63, 3.8) is 0 Å². The Labute approximate surface area is 480 Å². The summed E-state index contributed by atoms with van der Waals surface area (Å²) in [5, 5.41) is 31.6. The van der Waals surface area contributed by atoms with Gasteiger partial charge in [-0.3, -0.25) is 14.4 Å². The lowest BCUT2D eigenvalue weighted by molar-refractivity contribution is -0.301. The van der Waals surface area contributed by atoms with Crippen molar-refractivity contribution in [1.82, 2.24) is 0 Å². The molecule has 12 heteroatoms. The molecule has 0 aromatic heterocycles. The number of carbonyl (C=O) groups excluding carboxylic acids is 3. The zero-order valence-electron chi connectivity index (χ0n) is 50.1. The van der Waals surface area contributed by atoms with Gasteiger partial charge in [-0.2, -0.15) is 0 Å². The molecule has 1 heterocycles. The summed E-state index contributed by atoms with van der Waals surface area (Å²) in [5.74, 6) is -3.15. The summed E-state index contributed by atoms with van der Waals surface area (Å²) in [6.45, 7) is 5.92. The summed E-state index contributed by atoms with van der Waals surface area (Å²) in [7, 11) is 0. The number of aliphatic hydroxyl groups excluding tert-OH is 2. The lowest BCUT2D eigenvalue weighted by atomic mass is 9.98. The van der Waals surface area contributed by atoms with Gasteiger partial charge in [-0.05, 0) is 116 Å². The molecule has 1 aliphatic rings. The van der Waals surface area contributed by atoms with Crippen molar-refractivity contribution in [2.24, 2.45) is 0 Å². The number of allylic oxidation sites excluding steroid dienone is 12. The second-order valence-corrected chi connectivity index (χ2v) is 21.7. The van der Waals surface area contributed by atoms with E-state index in [1.54, 1.807) is 0 Å². The summed E-state index contributed by atoms with van der Waals surface area (Å²) in [6.07, 6.45) is 57.1. The van der Waals surface area contributed by atoms with Crippen LogP contribution >= 0.6 is 0 Å². The standard InChI is InChI=1S/C67H114O12/c1-4-7-10-13-16-19-22-25-27-29-30-32-33-36-38-41-44-47-50-53-59(68)75-56-58(77-60(69)54-51-48-45-42-39-35-24-21-18-15-12-9-6-3)57-76-67-65(63(72)62(71)64(79-67)66(73)74)78-61(70)55-52-49-46-43-40-37-34-31-28-26-23-20-17-14-11-8-5-2/h16-17,19-21,24-28,30,32,58,62-65,67,71-72H,4-15,18,22-23,29,31,33-57H2,1-3H3,(H,73,74)/b19-16-,20-17-,24-21-,27-25-,28-26-,32-30-. The Kier molecular flexibility index (Phi) is 50.7. The van der Waals surface area contributed by atoms with E-state index in [9.17, 15) is 34.5 Å². The second-order valence-electron chi connectivity index (χ2n) is 21.7. The highest BCUT2D eigenvalue weighted by Crippen LogP contribution is 2.26. The topological polar surface area (TPSA) is 175 Å². The Morgan fingerprint density at radius 1 is 0.418 bits per heavy atom. The quantitative estimate of drug-likeness (QED) is 0.0228. The average Bonchev–Trinajstić information content (AvgIpc) is 3.47. The molecule has 79 heavy (non-hydrogen) atoms. The largest absolute Gasteiger partial charge is 0.479 e. The minimum absolute atomic E-state index is 0.0481. The fraction of sp³-hybridized carbons (Fsp3) is 0.761. The number of carbonyl (C=O) groups is 4. The summed E-state index contributed by atoms with van der Waals surface area (Å²) < 4.78 is 28.5. The maximum absolute atomic E-state index is 13.2. The molecule has 0 bridgehead atoms. The van der Waals surface area contributed by atoms with Gasteiger partial charge in [0.2, 0.25) is 0 Å². The molecule has 1 aliphatic heterocycles. The Balaban J connectivity index is 2.67. The highest BCUT2D eigenvalue weighted by atomic mass is 16.7. The van der Waals surface area contributed by atoms with Crippen LogP contribution in [0.5, 0.6) is 0 Å². The number of unbranched alkanes of at least 4 members (excludes halogenated alkanes) is 28.